The van der Waals surface area contributed by atoms with Gasteiger partial charge >= 0.3 is 11.9 Å². The lowest BCUT2D eigenvalue weighted by molar-refractivity contribution is -0.146. The van der Waals surface area contributed by atoms with Gasteiger partial charge in [0.2, 0.25) is 0 Å². The van der Waals surface area contributed by atoms with E-state index in [0.29, 0.717) is 0 Å². The first-order valence-electron chi connectivity index (χ1n) is 5.53. The van der Waals surface area contributed by atoms with Gasteiger partial charge in [-0.3, -0.25) is 4.79 Å². The van der Waals surface area contributed by atoms with Gasteiger partial charge < -0.3 is 9.47 Å². The second kappa shape index (κ2) is 6.59. The number of hydrogen-bond donors (Lipinski definition) is 0. The first-order chi connectivity index (χ1) is 8.60. The number of ether oxygens (including phenoxy) is 2. The summed E-state index contributed by atoms with van der Waals surface area (Å²) in [6.07, 6.45) is 1.63. The minimum absolute atomic E-state index is 0.274. The van der Waals surface area contributed by atoms with Crippen molar-refractivity contribution in [1.82, 2.24) is 0 Å². The Morgan fingerprint density at radius 1 is 1.11 bits per heavy atom. The van der Waals surface area contributed by atoms with E-state index in [1.54, 1.807) is 13.0 Å². The van der Waals surface area contributed by atoms with Crippen molar-refractivity contribution >= 4 is 18.0 Å². The summed E-state index contributed by atoms with van der Waals surface area (Å²) in [5, 5.41) is 0. The van der Waals surface area contributed by atoms with Gasteiger partial charge in [0.25, 0.3) is 0 Å². The SMILES string of the molecule is COC(=O)/C(=C\c1ccccc1)C(C)C(=O)OC. The Hall–Kier alpha value is -2.10. The second-order valence-electron chi connectivity index (χ2n) is 3.75. The normalized spacial score (nSPS) is 12.7. The highest BCUT2D eigenvalue weighted by atomic mass is 16.5. The van der Waals surface area contributed by atoms with Gasteiger partial charge in [0.1, 0.15) is 0 Å². The van der Waals surface area contributed by atoms with Crippen molar-refractivity contribution in [3.63, 3.8) is 0 Å². The van der Waals surface area contributed by atoms with Crippen LogP contribution in [0.5, 0.6) is 0 Å². The van der Waals surface area contributed by atoms with Crippen molar-refractivity contribution in [2.24, 2.45) is 5.92 Å². The summed E-state index contributed by atoms with van der Waals surface area (Å²) in [7, 11) is 2.57. The van der Waals surface area contributed by atoms with Crippen LogP contribution in [0.3, 0.4) is 0 Å². The van der Waals surface area contributed by atoms with Crippen LogP contribution < -0.4 is 0 Å². The second-order valence-corrected chi connectivity index (χ2v) is 3.75. The molecule has 0 aliphatic carbocycles. The average Bonchev–Trinajstić information content (AvgIpc) is 2.43. The molecule has 1 rings (SSSR count). The van der Waals surface area contributed by atoms with Crippen LogP contribution in [0.25, 0.3) is 6.08 Å². The molecule has 1 aromatic carbocycles. The lowest BCUT2D eigenvalue weighted by Crippen LogP contribution is -2.21. The fraction of sp³-hybridized carbons (Fsp3) is 0.286. The molecule has 4 nitrogen and oxygen atoms in total. The van der Waals surface area contributed by atoms with Crippen LogP contribution >= 0.6 is 0 Å². The summed E-state index contributed by atoms with van der Waals surface area (Å²) in [5.74, 6) is -1.66. The van der Waals surface area contributed by atoms with Crippen molar-refractivity contribution < 1.29 is 19.1 Å². The van der Waals surface area contributed by atoms with Gasteiger partial charge in [0.05, 0.1) is 25.7 Å². The number of rotatable bonds is 4. The summed E-state index contributed by atoms with van der Waals surface area (Å²) in [4.78, 5) is 23.2. The Labute approximate surface area is 106 Å². The van der Waals surface area contributed by atoms with Crippen molar-refractivity contribution in [2.45, 2.75) is 6.92 Å². The van der Waals surface area contributed by atoms with Gasteiger partial charge in [-0.25, -0.2) is 4.79 Å². The van der Waals surface area contributed by atoms with Gasteiger partial charge in [-0.1, -0.05) is 30.3 Å². The molecule has 0 radical (unpaired) electrons. The highest BCUT2D eigenvalue weighted by molar-refractivity contribution is 5.99. The molecule has 1 unspecified atom stereocenters. The van der Waals surface area contributed by atoms with Crippen LogP contribution in [-0.4, -0.2) is 26.2 Å². The van der Waals surface area contributed by atoms with Gasteiger partial charge in [0, 0.05) is 0 Å². The highest BCUT2D eigenvalue weighted by Crippen LogP contribution is 2.18. The van der Waals surface area contributed by atoms with Crippen LogP contribution in [0.15, 0.2) is 35.9 Å². The van der Waals surface area contributed by atoms with Crippen LogP contribution in [0, 0.1) is 5.92 Å². The van der Waals surface area contributed by atoms with E-state index in [4.69, 9.17) is 0 Å². The van der Waals surface area contributed by atoms with Crippen LogP contribution in [0.2, 0.25) is 0 Å². The third kappa shape index (κ3) is 3.45. The zero-order valence-electron chi connectivity index (χ0n) is 10.7. The summed E-state index contributed by atoms with van der Waals surface area (Å²) in [6, 6.07) is 9.26. The first-order valence-corrected chi connectivity index (χ1v) is 5.53. The quantitative estimate of drug-likeness (QED) is 0.604. The van der Waals surface area contributed by atoms with Crippen molar-refractivity contribution in [3.8, 4) is 0 Å². The van der Waals surface area contributed by atoms with E-state index in [9.17, 15) is 9.59 Å². The number of benzene rings is 1. The molecule has 0 saturated carbocycles. The number of esters is 2. The number of hydrogen-bond acceptors (Lipinski definition) is 4. The third-order valence-corrected chi connectivity index (χ3v) is 2.56. The van der Waals surface area contributed by atoms with Gasteiger partial charge in [-0.05, 0) is 18.6 Å². The van der Waals surface area contributed by atoms with Gasteiger partial charge in [-0.15, -0.1) is 0 Å². The van der Waals surface area contributed by atoms with E-state index in [1.165, 1.54) is 14.2 Å². The molecule has 96 valence electrons. The average molecular weight is 248 g/mol. The molecule has 4 heteroatoms. The lowest BCUT2D eigenvalue weighted by Gasteiger charge is -2.12. The molecular formula is C14H16O4. The molecule has 1 atom stereocenters. The van der Waals surface area contributed by atoms with E-state index in [2.05, 4.69) is 9.47 Å². The van der Waals surface area contributed by atoms with E-state index in [-0.39, 0.29) is 5.57 Å². The Balaban J connectivity index is 3.10. The maximum Gasteiger partial charge on any atom is 0.334 e. The molecule has 0 aliphatic heterocycles. The minimum Gasteiger partial charge on any atom is -0.469 e. The topological polar surface area (TPSA) is 52.6 Å². The molecule has 0 saturated heterocycles. The molecule has 0 heterocycles. The molecule has 0 bridgehead atoms. The first kappa shape index (κ1) is 14.0. The standard InChI is InChI=1S/C14H16O4/c1-10(13(15)17-2)12(14(16)18-3)9-11-7-5-4-6-8-11/h4-10H,1-3H3/b12-9-. The molecule has 0 aromatic heterocycles. The highest BCUT2D eigenvalue weighted by Gasteiger charge is 2.24. The fourth-order valence-electron chi connectivity index (χ4n) is 1.51. The number of carbonyl (C=O) groups excluding carboxylic acids is 2. The van der Waals surface area contributed by atoms with Gasteiger partial charge in [-0.2, -0.15) is 0 Å². The van der Waals surface area contributed by atoms with E-state index in [1.807, 2.05) is 30.3 Å². The van der Waals surface area contributed by atoms with Crippen molar-refractivity contribution in [1.29, 1.82) is 0 Å². The molecule has 0 aliphatic rings. The molecule has 18 heavy (non-hydrogen) atoms. The van der Waals surface area contributed by atoms with E-state index in [0.717, 1.165) is 5.56 Å². The van der Waals surface area contributed by atoms with Crippen LogP contribution in [0.4, 0.5) is 0 Å². The summed E-state index contributed by atoms with van der Waals surface area (Å²) >= 11 is 0. The zero-order valence-corrected chi connectivity index (χ0v) is 10.7. The lowest BCUT2D eigenvalue weighted by atomic mass is 9.98. The Bertz CT molecular complexity index is 448. The summed E-state index contributed by atoms with van der Waals surface area (Å²) < 4.78 is 9.32. The summed E-state index contributed by atoms with van der Waals surface area (Å²) in [6.45, 7) is 1.61. The smallest absolute Gasteiger partial charge is 0.334 e. The minimum atomic E-state index is -0.664. The maximum absolute atomic E-state index is 11.7. The molecule has 0 N–H and O–H groups in total. The van der Waals surface area contributed by atoms with Crippen molar-refractivity contribution in [2.75, 3.05) is 14.2 Å². The van der Waals surface area contributed by atoms with Gasteiger partial charge in [0.15, 0.2) is 0 Å². The van der Waals surface area contributed by atoms with Crippen molar-refractivity contribution in [3.05, 3.63) is 41.5 Å². The van der Waals surface area contributed by atoms with Crippen LogP contribution in [-0.2, 0) is 19.1 Å². The molecule has 0 spiro atoms. The van der Waals surface area contributed by atoms with E-state index >= 15 is 0 Å². The maximum atomic E-state index is 11.7. The fourth-order valence-corrected chi connectivity index (χ4v) is 1.51. The number of carbonyl (C=O) groups is 2. The largest absolute Gasteiger partial charge is 0.469 e. The predicted octanol–water partition coefficient (Wildman–Crippen LogP) is 2.05. The third-order valence-electron chi connectivity index (χ3n) is 2.56. The number of methoxy groups -OCH3 is 2. The van der Waals surface area contributed by atoms with E-state index < -0.39 is 17.9 Å². The molecular weight excluding hydrogens is 232 g/mol. The predicted molar refractivity (Wildman–Crippen MR) is 67.6 cm³/mol. The monoisotopic (exact) mass is 248 g/mol. The molecule has 0 fully saturated rings. The van der Waals surface area contributed by atoms with Crippen LogP contribution in [0.1, 0.15) is 12.5 Å². The Morgan fingerprint density at radius 2 is 1.72 bits per heavy atom. The molecule has 1 aromatic rings. The Kier molecular flexibility index (Phi) is 5.11. The summed E-state index contributed by atoms with van der Waals surface area (Å²) in [5.41, 5.74) is 1.10. The molecule has 0 amide bonds. The Morgan fingerprint density at radius 3 is 2.22 bits per heavy atom. The zero-order chi connectivity index (χ0) is 13.5.